The van der Waals surface area contributed by atoms with Gasteiger partial charge in [-0.3, -0.25) is 14.9 Å². The van der Waals surface area contributed by atoms with Crippen LogP contribution in [0, 0.1) is 10.1 Å². The van der Waals surface area contributed by atoms with Crippen LogP contribution in [0.3, 0.4) is 0 Å². The maximum Gasteiger partial charge on any atom is 0.417 e. The van der Waals surface area contributed by atoms with E-state index in [0.29, 0.717) is 12.5 Å². The molecule has 2 rings (SSSR count). The topological polar surface area (TPSA) is 63.5 Å². The van der Waals surface area contributed by atoms with Gasteiger partial charge < -0.3 is 4.90 Å². The molecular formula is C11H8BrF3N2O3. The van der Waals surface area contributed by atoms with E-state index in [-0.39, 0.29) is 18.7 Å². The highest BCUT2D eigenvalue weighted by Gasteiger charge is 2.37. The number of carbonyl (C=O) groups excluding carboxylic acids is 1. The summed E-state index contributed by atoms with van der Waals surface area (Å²) in [6, 6.07) is 1.43. The first-order chi connectivity index (χ1) is 9.21. The lowest BCUT2D eigenvalue weighted by Crippen LogP contribution is -2.25. The van der Waals surface area contributed by atoms with Gasteiger partial charge in [-0.1, -0.05) is 0 Å². The van der Waals surface area contributed by atoms with Crippen molar-refractivity contribution in [3.05, 3.63) is 32.3 Å². The van der Waals surface area contributed by atoms with E-state index in [4.69, 9.17) is 0 Å². The zero-order valence-electron chi connectivity index (χ0n) is 9.91. The van der Waals surface area contributed by atoms with Gasteiger partial charge in [0.2, 0.25) is 5.91 Å². The minimum atomic E-state index is -4.66. The van der Waals surface area contributed by atoms with Crippen LogP contribution < -0.4 is 4.90 Å². The number of hydrogen-bond acceptors (Lipinski definition) is 3. The first kappa shape index (κ1) is 14.8. The number of rotatable bonds is 2. The van der Waals surface area contributed by atoms with Gasteiger partial charge in [0.15, 0.2) is 0 Å². The van der Waals surface area contributed by atoms with Crippen molar-refractivity contribution in [2.75, 3.05) is 11.4 Å². The molecular weight excluding hydrogens is 345 g/mol. The summed E-state index contributed by atoms with van der Waals surface area (Å²) in [7, 11) is 0. The van der Waals surface area contributed by atoms with Crippen molar-refractivity contribution in [1.82, 2.24) is 0 Å². The highest BCUT2D eigenvalue weighted by atomic mass is 79.9. The third-order valence-electron chi connectivity index (χ3n) is 2.93. The number of anilines is 1. The van der Waals surface area contributed by atoms with Gasteiger partial charge in [0.05, 0.1) is 10.5 Å². The molecule has 0 unspecified atom stereocenters. The lowest BCUT2D eigenvalue weighted by atomic mass is 10.1. The summed E-state index contributed by atoms with van der Waals surface area (Å²) in [6.45, 7) is 0.179. The molecule has 0 bridgehead atoms. The third-order valence-corrected chi connectivity index (χ3v) is 3.59. The van der Waals surface area contributed by atoms with E-state index in [1.54, 1.807) is 0 Å². The molecule has 0 atom stereocenters. The van der Waals surface area contributed by atoms with Crippen LogP contribution in [0.15, 0.2) is 16.6 Å². The van der Waals surface area contributed by atoms with Crippen LogP contribution in [0.4, 0.5) is 24.5 Å². The van der Waals surface area contributed by atoms with Crippen LogP contribution in [-0.4, -0.2) is 17.4 Å². The number of alkyl halides is 3. The van der Waals surface area contributed by atoms with Crippen LogP contribution in [-0.2, 0) is 11.0 Å². The summed E-state index contributed by atoms with van der Waals surface area (Å²) < 4.78 is 38.1. The number of hydrogen-bond donors (Lipinski definition) is 0. The molecule has 5 nitrogen and oxygen atoms in total. The fourth-order valence-electron chi connectivity index (χ4n) is 2.03. The van der Waals surface area contributed by atoms with Gasteiger partial charge in [-0.15, -0.1) is 0 Å². The molecule has 0 N–H and O–H groups in total. The average molecular weight is 353 g/mol. The molecule has 108 valence electrons. The molecule has 1 heterocycles. The van der Waals surface area contributed by atoms with Crippen molar-refractivity contribution in [2.24, 2.45) is 0 Å². The first-order valence-electron chi connectivity index (χ1n) is 5.57. The molecule has 1 aliphatic rings. The SMILES string of the molecule is O=C1CCCN1c1cc(C(F)(F)F)c(Br)cc1[N+](=O)[O-]. The average Bonchev–Trinajstić information content (AvgIpc) is 2.73. The lowest BCUT2D eigenvalue weighted by molar-refractivity contribution is -0.384. The maximum atomic E-state index is 12.8. The molecule has 1 fully saturated rings. The molecule has 1 aromatic rings. The van der Waals surface area contributed by atoms with Gasteiger partial charge >= 0.3 is 6.18 Å². The van der Waals surface area contributed by atoms with Crippen LogP contribution >= 0.6 is 15.9 Å². The van der Waals surface area contributed by atoms with Gasteiger partial charge in [-0.2, -0.15) is 13.2 Å². The number of amides is 1. The second kappa shape index (κ2) is 5.04. The summed E-state index contributed by atoms with van der Waals surface area (Å²) in [5, 5.41) is 11.0. The normalized spacial score (nSPS) is 15.8. The standard InChI is InChI=1S/C11H8BrF3N2O3/c12-7-5-9(17(19)20)8(4-6(7)11(13,14)15)16-3-1-2-10(16)18/h4-5H,1-3H2. The van der Waals surface area contributed by atoms with E-state index in [2.05, 4.69) is 15.9 Å². The summed E-state index contributed by atoms with van der Waals surface area (Å²) in [5.41, 5.74) is -1.88. The molecule has 1 aliphatic heterocycles. The molecule has 20 heavy (non-hydrogen) atoms. The molecule has 0 spiro atoms. The Bertz CT molecular complexity index is 589. The van der Waals surface area contributed by atoms with Crippen molar-refractivity contribution >= 4 is 33.2 Å². The smallest absolute Gasteiger partial charge is 0.306 e. The van der Waals surface area contributed by atoms with Crippen molar-refractivity contribution in [3.63, 3.8) is 0 Å². The molecule has 1 aromatic carbocycles. The van der Waals surface area contributed by atoms with Crippen LogP contribution in [0.2, 0.25) is 0 Å². The van der Waals surface area contributed by atoms with Crippen molar-refractivity contribution in [2.45, 2.75) is 19.0 Å². The first-order valence-corrected chi connectivity index (χ1v) is 6.36. The molecule has 9 heteroatoms. The summed E-state index contributed by atoms with van der Waals surface area (Å²) in [6.07, 6.45) is -4.02. The van der Waals surface area contributed by atoms with Gasteiger partial charge in [0.1, 0.15) is 5.69 Å². The monoisotopic (exact) mass is 352 g/mol. The zero-order valence-corrected chi connectivity index (χ0v) is 11.5. The Hall–Kier alpha value is -1.64. The fraction of sp³-hybridized carbons (Fsp3) is 0.364. The van der Waals surface area contributed by atoms with E-state index in [1.165, 1.54) is 0 Å². The summed E-state index contributed by atoms with van der Waals surface area (Å²) >= 11 is 2.68. The lowest BCUT2D eigenvalue weighted by Gasteiger charge is -2.18. The molecule has 0 aliphatic carbocycles. The zero-order chi connectivity index (χ0) is 15.1. The second-order valence-corrected chi connectivity index (χ2v) is 5.08. The Labute approximate surface area is 119 Å². The van der Waals surface area contributed by atoms with Gasteiger partial charge in [0, 0.05) is 23.5 Å². The number of halogens is 4. The van der Waals surface area contributed by atoms with E-state index in [1.807, 2.05) is 0 Å². The number of nitrogens with zero attached hydrogens (tertiary/aromatic N) is 2. The Morgan fingerprint density at radius 1 is 1.35 bits per heavy atom. The highest BCUT2D eigenvalue weighted by Crippen LogP contribution is 2.42. The third kappa shape index (κ3) is 2.62. The van der Waals surface area contributed by atoms with Crippen molar-refractivity contribution in [1.29, 1.82) is 0 Å². The summed E-state index contributed by atoms with van der Waals surface area (Å²) in [4.78, 5) is 22.8. The molecule has 0 saturated carbocycles. The van der Waals surface area contributed by atoms with Crippen LogP contribution in [0.25, 0.3) is 0 Å². The second-order valence-electron chi connectivity index (χ2n) is 4.22. The predicted octanol–water partition coefficient (Wildman–Crippen LogP) is 3.50. The van der Waals surface area contributed by atoms with E-state index < -0.39 is 32.7 Å². The Morgan fingerprint density at radius 3 is 2.45 bits per heavy atom. The number of carbonyl (C=O) groups is 1. The number of nitro groups is 1. The van der Waals surface area contributed by atoms with Gasteiger partial charge in [0.25, 0.3) is 5.69 Å². The van der Waals surface area contributed by atoms with Gasteiger partial charge in [-0.05, 0) is 28.4 Å². The van der Waals surface area contributed by atoms with Gasteiger partial charge in [-0.25, -0.2) is 0 Å². The quantitative estimate of drug-likeness (QED) is 0.604. The minimum absolute atomic E-state index is 0.175. The van der Waals surface area contributed by atoms with Crippen molar-refractivity contribution < 1.29 is 22.9 Å². The Morgan fingerprint density at radius 2 is 2.00 bits per heavy atom. The van der Waals surface area contributed by atoms with Crippen LogP contribution in [0.1, 0.15) is 18.4 Å². The minimum Gasteiger partial charge on any atom is -0.306 e. The Balaban J connectivity index is 2.63. The molecule has 1 saturated heterocycles. The van der Waals surface area contributed by atoms with Crippen LogP contribution in [0.5, 0.6) is 0 Å². The van der Waals surface area contributed by atoms with Crippen molar-refractivity contribution in [3.8, 4) is 0 Å². The largest absolute Gasteiger partial charge is 0.417 e. The number of nitro benzene ring substituents is 1. The highest BCUT2D eigenvalue weighted by molar-refractivity contribution is 9.10. The summed E-state index contributed by atoms with van der Waals surface area (Å²) in [5.74, 6) is -0.413. The Kier molecular flexibility index (Phi) is 3.72. The van der Waals surface area contributed by atoms with E-state index >= 15 is 0 Å². The van der Waals surface area contributed by atoms with E-state index in [9.17, 15) is 28.1 Å². The molecule has 0 aromatic heterocycles. The maximum absolute atomic E-state index is 12.8. The fourth-order valence-corrected chi connectivity index (χ4v) is 2.59. The molecule has 0 radical (unpaired) electrons. The number of benzene rings is 1. The predicted molar refractivity (Wildman–Crippen MR) is 67.4 cm³/mol. The van der Waals surface area contributed by atoms with E-state index in [0.717, 1.165) is 11.0 Å². The molecule has 1 amide bonds.